The highest BCUT2D eigenvalue weighted by atomic mass is 16.5. The number of carbonyl (C=O) groups excluding carboxylic acids is 2. The Balaban J connectivity index is 1.36. The molecule has 6 nitrogen and oxygen atoms in total. The number of nitrogens with one attached hydrogen (secondary N) is 1. The first-order chi connectivity index (χ1) is 15.7. The van der Waals surface area contributed by atoms with E-state index >= 15 is 0 Å². The lowest BCUT2D eigenvalue weighted by Crippen LogP contribution is -2.39. The zero-order valence-corrected chi connectivity index (χ0v) is 17.8. The Morgan fingerprint density at radius 2 is 1.84 bits per heavy atom. The SMILES string of the molecule is O=C(NC[C@H]1CCCO1)c1ccc([C@@H]2CN(Cc3ccccc3)C(=O)c3ccccc32)o1. The van der Waals surface area contributed by atoms with Gasteiger partial charge in [-0.25, -0.2) is 0 Å². The summed E-state index contributed by atoms with van der Waals surface area (Å²) in [5.41, 5.74) is 2.69. The normalized spacial score (nSPS) is 20.2. The fourth-order valence-electron chi connectivity index (χ4n) is 4.51. The Bertz CT molecular complexity index is 1100. The van der Waals surface area contributed by atoms with Crippen molar-refractivity contribution in [3.05, 3.63) is 94.9 Å². The van der Waals surface area contributed by atoms with Crippen molar-refractivity contribution in [1.82, 2.24) is 10.2 Å². The molecule has 0 saturated carbocycles. The molecular weight excluding hydrogens is 404 g/mol. The molecule has 32 heavy (non-hydrogen) atoms. The summed E-state index contributed by atoms with van der Waals surface area (Å²) in [6, 6.07) is 21.2. The van der Waals surface area contributed by atoms with Crippen LogP contribution in [0.15, 0.2) is 71.1 Å². The second-order valence-electron chi connectivity index (χ2n) is 8.36. The highest BCUT2D eigenvalue weighted by molar-refractivity contribution is 5.97. The number of benzene rings is 2. The van der Waals surface area contributed by atoms with E-state index in [1.54, 1.807) is 6.07 Å². The van der Waals surface area contributed by atoms with Crippen LogP contribution in [0.5, 0.6) is 0 Å². The third-order valence-electron chi connectivity index (χ3n) is 6.18. The van der Waals surface area contributed by atoms with Crippen molar-refractivity contribution in [1.29, 1.82) is 0 Å². The number of nitrogens with zero attached hydrogens (tertiary/aromatic N) is 1. The molecule has 0 unspecified atom stereocenters. The first kappa shape index (κ1) is 20.5. The summed E-state index contributed by atoms with van der Waals surface area (Å²) in [7, 11) is 0. The Hall–Kier alpha value is -3.38. The zero-order chi connectivity index (χ0) is 21.9. The van der Waals surface area contributed by atoms with Gasteiger partial charge in [0.1, 0.15) is 5.76 Å². The average Bonchev–Trinajstić information content (AvgIpc) is 3.53. The van der Waals surface area contributed by atoms with Crippen LogP contribution >= 0.6 is 0 Å². The maximum Gasteiger partial charge on any atom is 0.287 e. The van der Waals surface area contributed by atoms with Gasteiger partial charge in [0.25, 0.3) is 11.8 Å². The molecule has 2 atom stereocenters. The lowest BCUT2D eigenvalue weighted by Gasteiger charge is -2.33. The summed E-state index contributed by atoms with van der Waals surface area (Å²) >= 11 is 0. The molecule has 5 rings (SSSR count). The maximum atomic E-state index is 13.1. The van der Waals surface area contributed by atoms with Crippen molar-refractivity contribution in [2.45, 2.75) is 31.4 Å². The molecule has 1 fully saturated rings. The highest BCUT2D eigenvalue weighted by Gasteiger charge is 2.34. The minimum atomic E-state index is -0.243. The van der Waals surface area contributed by atoms with Gasteiger partial charge in [0, 0.05) is 31.8 Å². The van der Waals surface area contributed by atoms with Crippen molar-refractivity contribution in [3.63, 3.8) is 0 Å². The van der Waals surface area contributed by atoms with Gasteiger partial charge in [-0.3, -0.25) is 9.59 Å². The quantitative estimate of drug-likeness (QED) is 0.642. The topological polar surface area (TPSA) is 71.8 Å². The molecule has 3 heterocycles. The van der Waals surface area contributed by atoms with E-state index in [1.807, 2.05) is 65.6 Å². The average molecular weight is 431 g/mol. The Labute approximate surface area is 187 Å². The molecule has 1 N–H and O–H groups in total. The number of amides is 2. The van der Waals surface area contributed by atoms with E-state index < -0.39 is 0 Å². The number of fused-ring (bicyclic) bond motifs is 1. The molecule has 0 aliphatic carbocycles. The van der Waals surface area contributed by atoms with Gasteiger partial charge in [-0.1, -0.05) is 48.5 Å². The van der Waals surface area contributed by atoms with Gasteiger partial charge in [0.05, 0.1) is 12.0 Å². The molecule has 2 aromatic carbocycles. The summed E-state index contributed by atoms with van der Waals surface area (Å²) in [5.74, 6) is 0.606. The minimum absolute atomic E-state index is 0.0155. The molecule has 2 amide bonds. The highest BCUT2D eigenvalue weighted by Crippen LogP contribution is 2.35. The summed E-state index contributed by atoms with van der Waals surface area (Å²) in [5, 5.41) is 2.90. The van der Waals surface area contributed by atoms with Crippen LogP contribution in [0.25, 0.3) is 0 Å². The molecule has 164 valence electrons. The number of hydrogen-bond acceptors (Lipinski definition) is 4. The fourth-order valence-corrected chi connectivity index (χ4v) is 4.51. The van der Waals surface area contributed by atoms with Crippen LogP contribution in [0.4, 0.5) is 0 Å². The maximum absolute atomic E-state index is 13.1. The molecule has 0 bridgehead atoms. The van der Waals surface area contributed by atoms with Crippen LogP contribution in [-0.2, 0) is 11.3 Å². The summed E-state index contributed by atoms with van der Waals surface area (Å²) in [4.78, 5) is 27.6. The van der Waals surface area contributed by atoms with Crippen LogP contribution < -0.4 is 5.32 Å². The Morgan fingerprint density at radius 3 is 2.66 bits per heavy atom. The molecule has 1 aromatic heterocycles. The molecule has 6 heteroatoms. The monoisotopic (exact) mass is 430 g/mol. The first-order valence-electron chi connectivity index (χ1n) is 11.1. The summed E-state index contributed by atoms with van der Waals surface area (Å²) in [6.07, 6.45) is 2.08. The smallest absolute Gasteiger partial charge is 0.287 e. The van der Waals surface area contributed by atoms with E-state index in [4.69, 9.17) is 9.15 Å². The Morgan fingerprint density at radius 1 is 1.03 bits per heavy atom. The van der Waals surface area contributed by atoms with Crippen molar-refractivity contribution in [2.24, 2.45) is 0 Å². The van der Waals surface area contributed by atoms with E-state index in [2.05, 4.69) is 5.32 Å². The standard InChI is InChI=1S/C26H26N2O4/c29-25(27-15-19-9-6-14-31-19)24-13-12-23(32-24)22-17-28(16-18-7-2-1-3-8-18)26(30)21-11-5-4-10-20(21)22/h1-5,7-8,10-13,19,22H,6,9,14-17H2,(H,27,29)/t19-,22-/m1/s1. The molecule has 2 aliphatic rings. The molecule has 0 radical (unpaired) electrons. The van der Waals surface area contributed by atoms with Gasteiger partial charge in [-0.15, -0.1) is 0 Å². The lowest BCUT2D eigenvalue weighted by atomic mass is 9.87. The second-order valence-corrected chi connectivity index (χ2v) is 8.36. The van der Waals surface area contributed by atoms with E-state index in [0.29, 0.717) is 31.0 Å². The van der Waals surface area contributed by atoms with Crippen molar-refractivity contribution in [3.8, 4) is 0 Å². The predicted molar refractivity (Wildman–Crippen MR) is 119 cm³/mol. The largest absolute Gasteiger partial charge is 0.455 e. The van der Waals surface area contributed by atoms with Crippen molar-refractivity contribution in [2.75, 3.05) is 19.7 Å². The molecule has 3 aromatic rings. The summed E-state index contributed by atoms with van der Waals surface area (Å²) < 4.78 is 11.6. The summed E-state index contributed by atoms with van der Waals surface area (Å²) in [6.45, 7) is 2.26. The number of rotatable bonds is 6. The van der Waals surface area contributed by atoms with Crippen LogP contribution in [0.3, 0.4) is 0 Å². The number of hydrogen-bond donors (Lipinski definition) is 1. The number of furan rings is 1. The predicted octanol–water partition coefficient (Wildman–Crippen LogP) is 3.98. The van der Waals surface area contributed by atoms with Crippen LogP contribution in [-0.4, -0.2) is 42.5 Å². The lowest BCUT2D eigenvalue weighted by molar-refractivity contribution is 0.0709. The van der Waals surface area contributed by atoms with Crippen LogP contribution in [0.1, 0.15) is 56.6 Å². The van der Waals surface area contributed by atoms with Crippen molar-refractivity contribution >= 4 is 11.8 Å². The van der Waals surface area contributed by atoms with Gasteiger partial charge in [-0.2, -0.15) is 0 Å². The third kappa shape index (κ3) is 4.18. The Kier molecular flexibility index (Phi) is 5.77. The van der Waals surface area contributed by atoms with Crippen LogP contribution in [0, 0.1) is 0 Å². The van der Waals surface area contributed by atoms with Crippen molar-refractivity contribution < 1.29 is 18.7 Å². The van der Waals surface area contributed by atoms with Gasteiger partial charge >= 0.3 is 0 Å². The van der Waals surface area contributed by atoms with E-state index in [9.17, 15) is 9.59 Å². The fraction of sp³-hybridized carbons (Fsp3) is 0.308. The van der Waals surface area contributed by atoms with E-state index in [-0.39, 0.29) is 29.6 Å². The third-order valence-corrected chi connectivity index (χ3v) is 6.18. The van der Waals surface area contributed by atoms with Gasteiger partial charge in [0.2, 0.25) is 0 Å². The van der Waals surface area contributed by atoms with Crippen LogP contribution in [0.2, 0.25) is 0 Å². The second kappa shape index (κ2) is 9.01. The van der Waals surface area contributed by atoms with Gasteiger partial charge in [0.15, 0.2) is 5.76 Å². The molecule has 0 spiro atoms. The van der Waals surface area contributed by atoms with Gasteiger partial charge < -0.3 is 19.4 Å². The molecule has 2 aliphatic heterocycles. The zero-order valence-electron chi connectivity index (χ0n) is 17.8. The minimum Gasteiger partial charge on any atom is -0.455 e. The van der Waals surface area contributed by atoms with E-state index in [1.165, 1.54) is 0 Å². The number of ether oxygens (including phenoxy) is 1. The molecule has 1 saturated heterocycles. The number of carbonyl (C=O) groups is 2. The van der Waals surface area contributed by atoms with E-state index in [0.717, 1.165) is 30.6 Å². The molecular formula is C26H26N2O4. The first-order valence-corrected chi connectivity index (χ1v) is 11.1. The van der Waals surface area contributed by atoms with Gasteiger partial charge in [-0.05, 0) is 42.2 Å².